The molecule has 0 aliphatic carbocycles. The molecule has 0 fully saturated rings. The lowest BCUT2D eigenvalue weighted by atomic mass is 10.1. The van der Waals surface area contributed by atoms with Gasteiger partial charge in [0.2, 0.25) is 5.91 Å². The van der Waals surface area contributed by atoms with Crippen LogP contribution in [0.25, 0.3) is 0 Å². The summed E-state index contributed by atoms with van der Waals surface area (Å²) in [7, 11) is 5.41. The first-order valence-electron chi connectivity index (χ1n) is 6.10. The van der Waals surface area contributed by atoms with Crippen LogP contribution in [0.3, 0.4) is 0 Å². The van der Waals surface area contributed by atoms with Gasteiger partial charge in [0, 0.05) is 26.2 Å². The Bertz CT molecular complexity index is 486. The monoisotopic (exact) mass is 260 g/mol. The fourth-order valence-corrected chi connectivity index (χ4v) is 1.63. The number of aliphatic hydroxyl groups is 1. The van der Waals surface area contributed by atoms with Gasteiger partial charge in [-0.15, -0.1) is 0 Å². The summed E-state index contributed by atoms with van der Waals surface area (Å²) in [6.45, 7) is 0.940. The Morgan fingerprint density at radius 1 is 1.32 bits per heavy atom. The highest BCUT2D eigenvalue weighted by molar-refractivity contribution is 5.77. The number of nitrogens with zero attached hydrogens (tertiary/aromatic N) is 2. The van der Waals surface area contributed by atoms with Gasteiger partial charge in [0.1, 0.15) is 6.61 Å². The summed E-state index contributed by atoms with van der Waals surface area (Å²) in [5.41, 5.74) is 1.97. The zero-order valence-electron chi connectivity index (χ0n) is 11.7. The van der Waals surface area contributed by atoms with Gasteiger partial charge in [-0.25, -0.2) is 0 Å². The molecule has 1 amide bonds. The lowest BCUT2D eigenvalue weighted by Crippen LogP contribution is -2.34. The minimum Gasteiger partial charge on any atom is -0.384 e. The summed E-state index contributed by atoms with van der Waals surface area (Å²) < 4.78 is 0. The van der Waals surface area contributed by atoms with Crippen LogP contribution in [-0.4, -0.2) is 55.1 Å². The molecule has 0 spiro atoms. The highest BCUT2D eigenvalue weighted by Gasteiger charge is 2.08. The number of carbonyl (C=O) groups excluding carboxylic acids is 1. The van der Waals surface area contributed by atoms with E-state index in [1.54, 1.807) is 19.0 Å². The molecule has 0 radical (unpaired) electrons. The Kier molecular flexibility index (Phi) is 6.07. The number of rotatable bonds is 4. The van der Waals surface area contributed by atoms with Crippen LogP contribution >= 0.6 is 0 Å². The molecule has 0 bridgehead atoms. The second kappa shape index (κ2) is 7.57. The summed E-state index contributed by atoms with van der Waals surface area (Å²) in [5.74, 6) is 5.58. The van der Waals surface area contributed by atoms with E-state index in [4.69, 9.17) is 5.11 Å². The third kappa shape index (κ3) is 5.56. The lowest BCUT2D eigenvalue weighted by Gasteiger charge is -2.19. The van der Waals surface area contributed by atoms with Gasteiger partial charge in [0.15, 0.2) is 0 Å². The van der Waals surface area contributed by atoms with E-state index < -0.39 is 0 Å². The second-order valence-corrected chi connectivity index (χ2v) is 4.62. The Hall–Kier alpha value is -1.83. The topological polar surface area (TPSA) is 43.8 Å². The number of aliphatic hydroxyl groups excluding tert-OH is 1. The third-order valence-corrected chi connectivity index (χ3v) is 2.60. The van der Waals surface area contributed by atoms with Crippen molar-refractivity contribution >= 4 is 5.91 Å². The molecule has 0 saturated carbocycles. The first-order valence-corrected chi connectivity index (χ1v) is 6.10. The van der Waals surface area contributed by atoms with Crippen molar-refractivity contribution in [2.24, 2.45) is 0 Å². The summed E-state index contributed by atoms with van der Waals surface area (Å²) >= 11 is 0. The van der Waals surface area contributed by atoms with Gasteiger partial charge < -0.3 is 10.0 Å². The molecule has 1 rings (SSSR count). The van der Waals surface area contributed by atoms with Crippen molar-refractivity contribution in [3.05, 3.63) is 35.4 Å². The number of carbonyl (C=O) groups is 1. The van der Waals surface area contributed by atoms with E-state index in [1.165, 1.54) is 0 Å². The normalized spacial score (nSPS) is 9.95. The summed E-state index contributed by atoms with van der Waals surface area (Å²) in [4.78, 5) is 15.1. The lowest BCUT2D eigenvalue weighted by molar-refractivity contribution is -0.129. The van der Waals surface area contributed by atoms with Crippen LogP contribution in [0.1, 0.15) is 11.1 Å². The summed E-state index contributed by atoms with van der Waals surface area (Å²) in [5, 5.41) is 8.67. The Morgan fingerprint density at radius 2 is 2.05 bits per heavy atom. The molecular weight excluding hydrogens is 240 g/mol. The quantitative estimate of drug-likeness (QED) is 0.804. The fraction of sp³-hybridized carbons (Fsp3) is 0.400. The average molecular weight is 260 g/mol. The van der Waals surface area contributed by atoms with Crippen LogP contribution in [0, 0.1) is 11.8 Å². The Labute approximate surface area is 114 Å². The molecule has 1 N–H and O–H groups in total. The van der Waals surface area contributed by atoms with E-state index in [-0.39, 0.29) is 12.5 Å². The summed E-state index contributed by atoms with van der Waals surface area (Å²) in [6, 6.07) is 7.80. The zero-order valence-corrected chi connectivity index (χ0v) is 11.7. The molecule has 0 atom stereocenters. The molecule has 4 heteroatoms. The molecule has 102 valence electrons. The van der Waals surface area contributed by atoms with Crippen LogP contribution in [0.2, 0.25) is 0 Å². The zero-order chi connectivity index (χ0) is 14.3. The smallest absolute Gasteiger partial charge is 0.236 e. The predicted octanol–water partition coefficient (Wildman–Crippen LogP) is 0.550. The van der Waals surface area contributed by atoms with Gasteiger partial charge in [-0.2, -0.15) is 0 Å². The largest absolute Gasteiger partial charge is 0.384 e. The Morgan fingerprint density at radius 3 is 2.68 bits per heavy atom. The molecule has 0 aliphatic rings. The first-order chi connectivity index (χ1) is 9.02. The highest BCUT2D eigenvalue weighted by Crippen LogP contribution is 2.07. The second-order valence-electron chi connectivity index (χ2n) is 4.62. The number of likely N-dealkylation sites (N-methyl/N-ethyl adjacent to an activating group) is 2. The van der Waals surface area contributed by atoms with Gasteiger partial charge in [-0.05, 0) is 24.7 Å². The van der Waals surface area contributed by atoms with E-state index in [2.05, 4.69) is 11.8 Å². The number of benzene rings is 1. The fourth-order valence-electron chi connectivity index (χ4n) is 1.63. The van der Waals surface area contributed by atoms with Gasteiger partial charge in [0.05, 0.1) is 6.54 Å². The van der Waals surface area contributed by atoms with E-state index in [9.17, 15) is 4.79 Å². The minimum atomic E-state index is -0.137. The van der Waals surface area contributed by atoms with Gasteiger partial charge in [-0.1, -0.05) is 24.0 Å². The van der Waals surface area contributed by atoms with E-state index in [0.29, 0.717) is 13.1 Å². The van der Waals surface area contributed by atoms with Gasteiger partial charge in [-0.3, -0.25) is 9.69 Å². The maximum absolute atomic E-state index is 11.6. The Balaban J connectivity index is 2.64. The van der Waals surface area contributed by atoms with E-state index in [0.717, 1.165) is 11.1 Å². The predicted molar refractivity (Wildman–Crippen MR) is 75.4 cm³/mol. The van der Waals surface area contributed by atoms with Gasteiger partial charge >= 0.3 is 0 Å². The van der Waals surface area contributed by atoms with Crippen molar-refractivity contribution in [3.8, 4) is 11.8 Å². The van der Waals surface area contributed by atoms with Crippen molar-refractivity contribution in [2.45, 2.75) is 6.54 Å². The van der Waals surface area contributed by atoms with Crippen LogP contribution in [0.4, 0.5) is 0 Å². The number of hydrogen-bond donors (Lipinski definition) is 1. The van der Waals surface area contributed by atoms with Crippen molar-refractivity contribution < 1.29 is 9.90 Å². The van der Waals surface area contributed by atoms with E-state index in [1.807, 2.05) is 36.2 Å². The van der Waals surface area contributed by atoms with Crippen molar-refractivity contribution in [1.29, 1.82) is 0 Å². The molecule has 1 aromatic rings. The maximum Gasteiger partial charge on any atom is 0.236 e. The molecule has 0 aliphatic heterocycles. The number of hydrogen-bond acceptors (Lipinski definition) is 3. The minimum absolute atomic E-state index is 0.0822. The molecular formula is C15H20N2O2. The standard InChI is InChI=1S/C15H20N2O2/c1-16(2)15(19)12-17(3)11-14-7-4-6-13(10-14)8-5-9-18/h4,6-7,10,18H,9,11-12H2,1-3H3. The molecule has 0 saturated heterocycles. The molecule has 1 aromatic carbocycles. The SMILES string of the molecule is CN(CC(=O)N(C)C)Cc1cccc(C#CCO)c1. The molecule has 4 nitrogen and oxygen atoms in total. The van der Waals surface area contributed by atoms with Crippen molar-refractivity contribution in [3.63, 3.8) is 0 Å². The number of amides is 1. The van der Waals surface area contributed by atoms with Gasteiger partial charge in [0.25, 0.3) is 0 Å². The third-order valence-electron chi connectivity index (χ3n) is 2.60. The highest BCUT2D eigenvalue weighted by atomic mass is 16.2. The van der Waals surface area contributed by atoms with Crippen LogP contribution in [0.5, 0.6) is 0 Å². The van der Waals surface area contributed by atoms with Crippen LogP contribution in [0.15, 0.2) is 24.3 Å². The molecule has 19 heavy (non-hydrogen) atoms. The van der Waals surface area contributed by atoms with Crippen LogP contribution < -0.4 is 0 Å². The van der Waals surface area contributed by atoms with Crippen LogP contribution in [-0.2, 0) is 11.3 Å². The average Bonchev–Trinajstić information content (AvgIpc) is 2.36. The first kappa shape index (κ1) is 15.2. The van der Waals surface area contributed by atoms with E-state index >= 15 is 0 Å². The molecule has 0 heterocycles. The maximum atomic E-state index is 11.6. The molecule has 0 aromatic heterocycles. The summed E-state index contributed by atoms with van der Waals surface area (Å²) in [6.07, 6.45) is 0. The molecule has 0 unspecified atom stereocenters. The van der Waals surface area contributed by atoms with Crippen molar-refractivity contribution in [1.82, 2.24) is 9.80 Å². The van der Waals surface area contributed by atoms with Crippen molar-refractivity contribution in [2.75, 3.05) is 34.3 Å².